The van der Waals surface area contributed by atoms with Gasteiger partial charge in [-0.25, -0.2) is 5.43 Å². The second kappa shape index (κ2) is 7.11. The van der Waals surface area contributed by atoms with Crippen LogP contribution in [-0.2, 0) is 0 Å². The fourth-order valence-electron chi connectivity index (χ4n) is 2.10. The molecule has 3 N–H and O–H groups in total. The Morgan fingerprint density at radius 1 is 1.24 bits per heavy atom. The van der Waals surface area contributed by atoms with Crippen molar-refractivity contribution in [1.82, 2.24) is 5.43 Å². The van der Waals surface area contributed by atoms with Crippen molar-refractivity contribution < 1.29 is 9.47 Å². The standard InChI is InChI=1S/C14H16Br2N2O2S/c1-7-6-10(21-14(7)16)12(18-17)8-4-5-9(19-2)11(15)13(8)20-3/h4-6,12,18H,17H2,1-3H3. The molecular weight excluding hydrogens is 420 g/mol. The molecule has 21 heavy (non-hydrogen) atoms. The molecule has 0 radical (unpaired) electrons. The van der Waals surface area contributed by atoms with Crippen molar-refractivity contribution >= 4 is 43.2 Å². The highest BCUT2D eigenvalue weighted by Gasteiger charge is 2.23. The van der Waals surface area contributed by atoms with Crippen molar-refractivity contribution in [1.29, 1.82) is 0 Å². The van der Waals surface area contributed by atoms with Crippen LogP contribution in [0.3, 0.4) is 0 Å². The molecule has 0 saturated heterocycles. The average Bonchev–Trinajstić information content (AvgIpc) is 2.79. The molecule has 1 heterocycles. The molecule has 114 valence electrons. The SMILES string of the molecule is COc1ccc(C(NN)c2cc(C)c(Br)s2)c(OC)c1Br. The Morgan fingerprint density at radius 3 is 2.43 bits per heavy atom. The summed E-state index contributed by atoms with van der Waals surface area (Å²) in [7, 11) is 3.25. The van der Waals surface area contributed by atoms with Crippen LogP contribution < -0.4 is 20.7 Å². The van der Waals surface area contributed by atoms with Crippen LogP contribution >= 0.6 is 43.2 Å². The topological polar surface area (TPSA) is 56.5 Å². The minimum Gasteiger partial charge on any atom is -0.495 e. The quantitative estimate of drug-likeness (QED) is 0.547. The summed E-state index contributed by atoms with van der Waals surface area (Å²) in [4.78, 5) is 1.11. The normalized spacial score (nSPS) is 12.3. The van der Waals surface area contributed by atoms with Crippen molar-refractivity contribution in [2.24, 2.45) is 5.84 Å². The molecule has 0 aliphatic rings. The van der Waals surface area contributed by atoms with Gasteiger partial charge in [0.25, 0.3) is 0 Å². The molecule has 2 rings (SSSR count). The third-order valence-electron chi connectivity index (χ3n) is 3.15. The monoisotopic (exact) mass is 434 g/mol. The molecule has 0 saturated carbocycles. The zero-order valence-electron chi connectivity index (χ0n) is 11.9. The predicted molar refractivity (Wildman–Crippen MR) is 93.2 cm³/mol. The van der Waals surface area contributed by atoms with E-state index in [0.717, 1.165) is 24.4 Å². The number of benzene rings is 1. The van der Waals surface area contributed by atoms with Gasteiger partial charge >= 0.3 is 0 Å². The molecule has 1 atom stereocenters. The molecule has 0 aliphatic carbocycles. The number of ether oxygens (including phenoxy) is 2. The van der Waals surface area contributed by atoms with Crippen molar-refractivity contribution in [3.05, 3.63) is 42.5 Å². The van der Waals surface area contributed by atoms with Crippen LogP contribution in [0.25, 0.3) is 0 Å². The Labute approximate surface area is 144 Å². The van der Waals surface area contributed by atoms with Gasteiger partial charge in [-0.1, -0.05) is 0 Å². The van der Waals surface area contributed by atoms with Gasteiger partial charge in [0.2, 0.25) is 0 Å². The van der Waals surface area contributed by atoms with E-state index in [1.54, 1.807) is 25.6 Å². The largest absolute Gasteiger partial charge is 0.495 e. The van der Waals surface area contributed by atoms with E-state index in [1.165, 1.54) is 5.56 Å². The maximum Gasteiger partial charge on any atom is 0.142 e. The van der Waals surface area contributed by atoms with Crippen LogP contribution in [0.1, 0.15) is 22.0 Å². The number of hydrogen-bond acceptors (Lipinski definition) is 5. The second-order valence-corrected chi connectivity index (χ2v) is 7.60. The molecule has 0 fully saturated rings. The first-order valence-electron chi connectivity index (χ1n) is 6.15. The molecule has 1 unspecified atom stereocenters. The number of halogens is 2. The lowest BCUT2D eigenvalue weighted by molar-refractivity contribution is 0.383. The summed E-state index contributed by atoms with van der Waals surface area (Å²) in [5, 5.41) is 0. The number of rotatable bonds is 5. The summed E-state index contributed by atoms with van der Waals surface area (Å²) < 4.78 is 12.7. The van der Waals surface area contributed by atoms with Gasteiger partial charge in [0, 0.05) is 10.4 Å². The third-order valence-corrected chi connectivity index (χ3v) is 6.11. The maximum atomic E-state index is 5.78. The van der Waals surface area contributed by atoms with Gasteiger partial charge in [0.05, 0.1) is 24.0 Å². The second-order valence-electron chi connectivity index (χ2n) is 4.41. The predicted octanol–water partition coefficient (Wildman–Crippen LogP) is 4.15. The minimum atomic E-state index is -0.155. The average molecular weight is 436 g/mol. The fraction of sp³-hybridized carbons (Fsp3) is 0.286. The smallest absolute Gasteiger partial charge is 0.142 e. The molecular formula is C14H16Br2N2O2S. The Balaban J connectivity index is 2.54. The summed E-state index contributed by atoms with van der Waals surface area (Å²) in [6.45, 7) is 2.05. The molecule has 0 amide bonds. The molecule has 7 heteroatoms. The Bertz CT molecular complexity index is 627. The van der Waals surface area contributed by atoms with Gasteiger partial charge in [0.1, 0.15) is 16.0 Å². The van der Waals surface area contributed by atoms with Crippen LogP contribution in [0.4, 0.5) is 0 Å². The van der Waals surface area contributed by atoms with Gasteiger partial charge in [-0.3, -0.25) is 5.84 Å². The van der Waals surface area contributed by atoms with Crippen LogP contribution in [0.15, 0.2) is 26.5 Å². The molecule has 1 aromatic carbocycles. The lowest BCUT2D eigenvalue weighted by atomic mass is 10.0. The van der Waals surface area contributed by atoms with Crippen LogP contribution in [0.2, 0.25) is 0 Å². The van der Waals surface area contributed by atoms with E-state index in [-0.39, 0.29) is 6.04 Å². The molecule has 0 bridgehead atoms. The Kier molecular flexibility index (Phi) is 5.67. The van der Waals surface area contributed by atoms with Gasteiger partial charge in [0.15, 0.2) is 0 Å². The maximum absolute atomic E-state index is 5.78. The first-order chi connectivity index (χ1) is 10.0. The number of nitrogens with two attached hydrogens (primary N) is 1. The van der Waals surface area contributed by atoms with E-state index >= 15 is 0 Å². The summed E-state index contributed by atoms with van der Waals surface area (Å²) in [5.41, 5.74) is 4.99. The van der Waals surface area contributed by atoms with Crippen molar-refractivity contribution in [3.8, 4) is 11.5 Å². The van der Waals surface area contributed by atoms with E-state index in [4.69, 9.17) is 15.3 Å². The minimum absolute atomic E-state index is 0.155. The van der Waals surface area contributed by atoms with Gasteiger partial charge in [-0.15, -0.1) is 11.3 Å². The third kappa shape index (κ3) is 3.27. The molecule has 0 spiro atoms. The summed E-state index contributed by atoms with van der Waals surface area (Å²) in [6.07, 6.45) is 0. The van der Waals surface area contributed by atoms with Gasteiger partial charge < -0.3 is 9.47 Å². The molecule has 1 aromatic heterocycles. The van der Waals surface area contributed by atoms with Crippen molar-refractivity contribution in [2.45, 2.75) is 13.0 Å². The van der Waals surface area contributed by atoms with Crippen molar-refractivity contribution in [3.63, 3.8) is 0 Å². The van der Waals surface area contributed by atoms with E-state index in [2.05, 4.69) is 50.3 Å². The Morgan fingerprint density at radius 2 is 1.95 bits per heavy atom. The lowest BCUT2D eigenvalue weighted by Gasteiger charge is -2.20. The molecule has 2 aromatic rings. The number of methoxy groups -OCH3 is 2. The summed E-state index contributed by atoms with van der Waals surface area (Å²) >= 11 is 8.72. The zero-order valence-corrected chi connectivity index (χ0v) is 15.9. The molecule has 0 aliphatic heterocycles. The first-order valence-corrected chi connectivity index (χ1v) is 8.56. The summed E-state index contributed by atoms with van der Waals surface area (Å²) in [6, 6.07) is 5.80. The van der Waals surface area contributed by atoms with E-state index in [1.807, 2.05) is 12.1 Å². The van der Waals surface area contributed by atoms with E-state index in [9.17, 15) is 0 Å². The first kappa shape index (κ1) is 16.8. The number of thiophene rings is 1. The van der Waals surface area contributed by atoms with Crippen LogP contribution in [0, 0.1) is 6.92 Å². The van der Waals surface area contributed by atoms with Crippen LogP contribution in [-0.4, -0.2) is 14.2 Å². The highest BCUT2D eigenvalue weighted by Crippen LogP contribution is 2.43. The lowest BCUT2D eigenvalue weighted by Crippen LogP contribution is -2.28. The number of hydrogen-bond donors (Lipinski definition) is 2. The number of aryl methyl sites for hydroxylation is 1. The highest BCUT2D eigenvalue weighted by molar-refractivity contribution is 9.11. The highest BCUT2D eigenvalue weighted by atomic mass is 79.9. The van der Waals surface area contributed by atoms with Crippen molar-refractivity contribution in [2.75, 3.05) is 14.2 Å². The number of nitrogens with one attached hydrogen (secondary N) is 1. The fourth-order valence-corrected chi connectivity index (χ4v) is 4.43. The summed E-state index contributed by atoms with van der Waals surface area (Å²) in [5.74, 6) is 7.20. The Hall–Kier alpha value is -0.600. The van der Waals surface area contributed by atoms with Gasteiger partial charge in [-0.05, 0) is 62.5 Å². The van der Waals surface area contributed by atoms with E-state index < -0.39 is 0 Å². The molecule has 4 nitrogen and oxygen atoms in total. The zero-order chi connectivity index (χ0) is 15.6. The van der Waals surface area contributed by atoms with Gasteiger partial charge in [-0.2, -0.15) is 0 Å². The van der Waals surface area contributed by atoms with Crippen LogP contribution in [0.5, 0.6) is 11.5 Å². The van der Waals surface area contributed by atoms with E-state index in [0.29, 0.717) is 5.75 Å². The number of hydrazine groups is 1.